The van der Waals surface area contributed by atoms with Crippen LogP contribution in [0.3, 0.4) is 0 Å². The summed E-state index contributed by atoms with van der Waals surface area (Å²) in [6, 6.07) is 133. The van der Waals surface area contributed by atoms with Gasteiger partial charge in [-0.05, 0) is 309 Å². The van der Waals surface area contributed by atoms with Crippen LogP contribution in [-0.2, 0) is 0 Å². The van der Waals surface area contributed by atoms with Crippen LogP contribution < -0.4 is 0 Å². The Kier molecular flexibility index (Phi) is 17.9. The Morgan fingerprint density at radius 3 is 0.644 bits per heavy atom. The molecule has 6 nitrogen and oxygen atoms in total. The van der Waals surface area contributed by atoms with Crippen LogP contribution in [-0.4, -0.2) is 29.9 Å². The van der Waals surface area contributed by atoms with Gasteiger partial charge in [-0.2, -0.15) is 0 Å². The molecular weight excluding hydrogens is 1440 g/mol. The second-order valence-electron chi connectivity index (χ2n) is 29.9. The van der Waals surface area contributed by atoms with Crippen LogP contribution in [0.25, 0.3) is 221 Å². The van der Waals surface area contributed by atoms with Crippen LogP contribution in [0.4, 0.5) is 8.78 Å². The van der Waals surface area contributed by atoms with E-state index < -0.39 is 0 Å². The monoisotopic (exact) mass is 1510 g/mol. The number of benzene rings is 16. The molecule has 552 valence electrons. The number of halogens is 2. The second kappa shape index (κ2) is 30.0. The molecule has 0 aliphatic carbocycles. The topological polar surface area (TPSA) is 77.3 Å². The number of fused-ring (bicyclic) bond motifs is 8. The van der Waals surface area contributed by atoms with Crippen molar-refractivity contribution in [1.82, 2.24) is 29.9 Å². The molecule has 8 heteroatoms. The van der Waals surface area contributed by atoms with Crippen molar-refractivity contribution in [2.24, 2.45) is 0 Å². The number of hydrogen-bond acceptors (Lipinski definition) is 6. The number of rotatable bonds is 12. The first kappa shape index (κ1) is 70.2. The maximum atomic E-state index is 15.4. The molecule has 22 rings (SSSR count). The van der Waals surface area contributed by atoms with Crippen molar-refractivity contribution in [3.63, 3.8) is 0 Å². The normalized spacial score (nSPS) is 11.5. The largest absolute Gasteiger partial charge is 0.255 e. The van der Waals surface area contributed by atoms with E-state index in [9.17, 15) is 0 Å². The zero-order chi connectivity index (χ0) is 78.6. The highest BCUT2D eigenvalue weighted by molar-refractivity contribution is 6.24. The fraction of sp³-hybridized carbons (Fsp3) is 0. The average Bonchev–Trinajstić information content (AvgIpc) is 0.728. The van der Waals surface area contributed by atoms with Gasteiger partial charge in [0.05, 0.1) is 45.6 Å². The van der Waals surface area contributed by atoms with Crippen LogP contribution in [0.15, 0.2) is 413 Å². The summed E-state index contributed by atoms with van der Waals surface area (Å²) in [4.78, 5) is 28.3. The van der Waals surface area contributed by atoms with E-state index in [0.717, 1.165) is 199 Å². The Morgan fingerprint density at radius 1 is 0.144 bits per heavy atom. The first-order chi connectivity index (χ1) is 58.2. The predicted molar refractivity (Wildman–Crippen MR) is 485 cm³/mol. The summed E-state index contributed by atoms with van der Waals surface area (Å²) in [6.07, 6.45) is 7.17. The van der Waals surface area contributed by atoms with Crippen molar-refractivity contribution in [3.05, 3.63) is 425 Å². The lowest BCUT2D eigenvalue weighted by Gasteiger charge is -2.19. The quantitative estimate of drug-likeness (QED) is 0.113. The van der Waals surface area contributed by atoms with Gasteiger partial charge in [0.25, 0.3) is 0 Å². The van der Waals surface area contributed by atoms with Gasteiger partial charge in [-0.15, -0.1) is 0 Å². The number of pyridine rings is 6. The molecule has 0 atom stereocenters. The molecule has 0 bridgehead atoms. The van der Waals surface area contributed by atoms with E-state index >= 15 is 8.78 Å². The minimum atomic E-state index is -0.256. The smallest absolute Gasteiger partial charge is 0.123 e. The molecule has 0 saturated carbocycles. The van der Waals surface area contributed by atoms with E-state index in [1.54, 1.807) is 49.1 Å². The van der Waals surface area contributed by atoms with Crippen molar-refractivity contribution in [3.8, 4) is 135 Å². The Morgan fingerprint density at radius 2 is 0.373 bits per heavy atom. The molecular formula is C110H68F2N6. The summed E-state index contributed by atoms with van der Waals surface area (Å²) in [7, 11) is 0. The van der Waals surface area contributed by atoms with Crippen LogP contribution in [0.1, 0.15) is 0 Å². The highest BCUT2D eigenvalue weighted by Gasteiger charge is 2.23. The Labute approximate surface area is 679 Å². The van der Waals surface area contributed by atoms with Crippen molar-refractivity contribution in [1.29, 1.82) is 0 Å². The van der Waals surface area contributed by atoms with E-state index in [4.69, 9.17) is 9.97 Å². The average molecular weight is 1510 g/mol. The van der Waals surface area contributed by atoms with E-state index in [1.165, 1.54) is 21.5 Å². The van der Waals surface area contributed by atoms with Crippen LogP contribution in [0, 0.1) is 11.6 Å². The lowest BCUT2D eigenvalue weighted by Crippen LogP contribution is -1.94. The van der Waals surface area contributed by atoms with Gasteiger partial charge in [0.2, 0.25) is 0 Å². The van der Waals surface area contributed by atoms with E-state index in [2.05, 4.69) is 299 Å². The maximum absolute atomic E-state index is 15.4. The standard InChI is InChI=1S/2C55H34FN3/c2*56-45-24-26-47-49(34-45)55(43-22-20-36-10-2-4-12-40(36)30-43)46-25-23-41(31-48(46)54(47)42-21-19-35-9-1-3-11-39(35)29-42)37-15-17-38(18-16-37)44-32-52(50-13-5-7-27-57-50)59-53(33-44)51-14-6-8-28-58-51/h2*1-34H. The Bertz CT molecular complexity index is 7100. The zero-order valence-corrected chi connectivity index (χ0v) is 63.7. The molecule has 0 amide bonds. The summed E-state index contributed by atoms with van der Waals surface area (Å²) < 4.78 is 30.8. The van der Waals surface area contributed by atoms with Gasteiger partial charge in [-0.1, -0.05) is 255 Å². The molecule has 16 aromatic carbocycles. The lowest BCUT2D eigenvalue weighted by molar-refractivity contribution is 0.629. The number of hydrogen-bond donors (Lipinski definition) is 0. The summed E-state index contributed by atoms with van der Waals surface area (Å²) in [5, 5.41) is 17.5. The first-order valence-corrected chi connectivity index (χ1v) is 39.5. The highest BCUT2D eigenvalue weighted by atomic mass is 19.1. The van der Waals surface area contributed by atoms with Gasteiger partial charge >= 0.3 is 0 Å². The summed E-state index contributed by atoms with van der Waals surface area (Å²) >= 11 is 0. The van der Waals surface area contributed by atoms with Gasteiger partial charge in [-0.25, -0.2) is 18.7 Å². The van der Waals surface area contributed by atoms with Crippen LogP contribution >= 0.6 is 0 Å². The van der Waals surface area contributed by atoms with Gasteiger partial charge in [-0.3, -0.25) is 19.9 Å². The molecule has 118 heavy (non-hydrogen) atoms. The third-order valence-corrected chi connectivity index (χ3v) is 22.8. The molecule has 0 unspecified atom stereocenters. The Hall–Kier alpha value is -15.6. The third kappa shape index (κ3) is 13.4. The molecule has 0 radical (unpaired) electrons. The molecule has 0 fully saturated rings. The molecule has 0 N–H and O–H groups in total. The van der Waals surface area contributed by atoms with E-state index in [1.807, 2.05) is 84.9 Å². The molecule has 0 spiro atoms. The minimum Gasteiger partial charge on any atom is -0.255 e. The van der Waals surface area contributed by atoms with E-state index in [0.29, 0.717) is 0 Å². The molecule has 6 heterocycles. The van der Waals surface area contributed by atoms with Crippen molar-refractivity contribution in [2.75, 3.05) is 0 Å². The van der Waals surface area contributed by atoms with Gasteiger partial charge in [0.1, 0.15) is 11.6 Å². The van der Waals surface area contributed by atoms with Crippen molar-refractivity contribution in [2.45, 2.75) is 0 Å². The highest BCUT2D eigenvalue weighted by Crippen LogP contribution is 2.49. The van der Waals surface area contributed by atoms with Gasteiger partial charge < -0.3 is 0 Å². The fourth-order valence-corrected chi connectivity index (χ4v) is 17.1. The fourth-order valence-electron chi connectivity index (χ4n) is 17.1. The lowest BCUT2D eigenvalue weighted by atomic mass is 9.84. The zero-order valence-electron chi connectivity index (χ0n) is 63.7. The van der Waals surface area contributed by atoms with Gasteiger partial charge in [0.15, 0.2) is 0 Å². The summed E-state index contributed by atoms with van der Waals surface area (Å²) in [6.45, 7) is 0. The SMILES string of the molecule is Fc1ccc2c(-c3ccc4ccccc4c3)c3cc(-c4ccc(-c5cc(-c6ccccn6)nc(-c6ccccn6)c5)cc4)ccc3c(-c3ccc4ccccc4c3)c2c1.Fc1ccc2c(-c3ccc4ccccc4c3)c3cc(-c4ccc(-c5cc(-c6ccccn6)nc(-c6ccccn6)c5)cc4)ccc3c(-c3ccc4ccccc4c3)c2c1. The van der Waals surface area contributed by atoms with Crippen molar-refractivity contribution >= 4 is 86.2 Å². The number of aromatic nitrogens is 6. The second-order valence-corrected chi connectivity index (χ2v) is 29.9. The summed E-state index contributed by atoms with van der Waals surface area (Å²) in [5.74, 6) is -0.512. The van der Waals surface area contributed by atoms with Crippen LogP contribution in [0.2, 0.25) is 0 Å². The molecule has 0 aliphatic heterocycles. The molecule has 0 saturated heterocycles. The molecule has 6 aromatic heterocycles. The first-order valence-electron chi connectivity index (χ1n) is 39.5. The minimum absolute atomic E-state index is 0.256. The van der Waals surface area contributed by atoms with E-state index in [-0.39, 0.29) is 11.6 Å². The summed E-state index contributed by atoms with van der Waals surface area (Å²) in [5.41, 5.74) is 23.5. The third-order valence-electron chi connectivity index (χ3n) is 22.8. The molecule has 22 aromatic rings. The van der Waals surface area contributed by atoms with Crippen molar-refractivity contribution < 1.29 is 8.78 Å². The predicted octanol–water partition coefficient (Wildman–Crippen LogP) is 29.3. The maximum Gasteiger partial charge on any atom is 0.123 e. The Balaban J connectivity index is 0.000000147. The van der Waals surface area contributed by atoms with Crippen LogP contribution in [0.5, 0.6) is 0 Å². The molecule has 0 aliphatic rings. The van der Waals surface area contributed by atoms with Gasteiger partial charge in [0, 0.05) is 24.8 Å². The number of nitrogens with zero attached hydrogens (tertiary/aromatic N) is 6.